The van der Waals surface area contributed by atoms with Crippen molar-refractivity contribution in [2.75, 3.05) is 26.2 Å². The van der Waals surface area contributed by atoms with Crippen LogP contribution in [0.2, 0.25) is 0 Å². The molecule has 0 radical (unpaired) electrons. The Balaban J connectivity index is 1.73. The zero-order valence-electron chi connectivity index (χ0n) is 14.8. The fourth-order valence-corrected chi connectivity index (χ4v) is 3.57. The van der Waals surface area contributed by atoms with E-state index >= 15 is 0 Å². The van der Waals surface area contributed by atoms with Gasteiger partial charge >= 0.3 is 6.03 Å². The number of nitrogens with one attached hydrogen (secondary N) is 1. The average Bonchev–Trinajstić information content (AvgIpc) is 3.06. The largest absolute Gasteiger partial charge is 0.378 e. The number of amides is 2. The lowest BCUT2D eigenvalue weighted by molar-refractivity contribution is 0.00207. The number of thiophene rings is 1. The molecule has 1 saturated heterocycles. The van der Waals surface area contributed by atoms with Gasteiger partial charge < -0.3 is 15.0 Å². The molecule has 4 nitrogen and oxygen atoms in total. The van der Waals surface area contributed by atoms with Crippen molar-refractivity contribution in [1.29, 1.82) is 0 Å². The van der Waals surface area contributed by atoms with E-state index in [4.69, 9.17) is 4.74 Å². The molecule has 1 aliphatic rings. The third-order valence-electron chi connectivity index (χ3n) is 4.26. The standard InChI is InChI=1S/C18H30N2O2S/c1-14(2)12-22-15-7-9-20(10-8-15)17(21)19-13-18(3,4)16-6-5-11-23-16/h5-6,11,14-15H,7-10,12-13H2,1-4H3,(H,19,21). The number of hydrogen-bond donors (Lipinski definition) is 1. The topological polar surface area (TPSA) is 41.6 Å². The summed E-state index contributed by atoms with van der Waals surface area (Å²) in [6, 6.07) is 4.25. The molecule has 0 spiro atoms. The molecule has 2 heterocycles. The Morgan fingerprint density at radius 1 is 1.43 bits per heavy atom. The number of rotatable bonds is 6. The summed E-state index contributed by atoms with van der Waals surface area (Å²) in [5.41, 5.74) is -0.0253. The van der Waals surface area contributed by atoms with E-state index in [-0.39, 0.29) is 11.4 Å². The van der Waals surface area contributed by atoms with Crippen LogP contribution in [0.25, 0.3) is 0 Å². The molecule has 2 rings (SSSR count). The Morgan fingerprint density at radius 2 is 2.13 bits per heavy atom. The van der Waals surface area contributed by atoms with Crippen LogP contribution in [0, 0.1) is 5.92 Å². The minimum atomic E-state index is -0.0253. The second-order valence-electron chi connectivity index (χ2n) is 7.43. The van der Waals surface area contributed by atoms with Gasteiger partial charge in [-0.25, -0.2) is 4.79 Å². The van der Waals surface area contributed by atoms with E-state index in [2.05, 4.69) is 50.5 Å². The summed E-state index contributed by atoms with van der Waals surface area (Å²) >= 11 is 1.74. The lowest BCUT2D eigenvalue weighted by Gasteiger charge is -2.33. The quantitative estimate of drug-likeness (QED) is 0.855. The first-order valence-corrected chi connectivity index (χ1v) is 9.45. The fraction of sp³-hybridized carbons (Fsp3) is 0.722. The van der Waals surface area contributed by atoms with Gasteiger partial charge in [0.05, 0.1) is 6.10 Å². The van der Waals surface area contributed by atoms with Gasteiger partial charge in [0, 0.05) is 36.5 Å². The highest BCUT2D eigenvalue weighted by molar-refractivity contribution is 7.10. The second kappa shape index (κ2) is 8.15. The number of piperidine rings is 1. The zero-order chi connectivity index (χ0) is 16.9. The zero-order valence-corrected chi connectivity index (χ0v) is 15.6. The number of urea groups is 1. The van der Waals surface area contributed by atoms with Gasteiger partial charge in [0.25, 0.3) is 0 Å². The summed E-state index contributed by atoms with van der Waals surface area (Å²) in [5, 5.41) is 5.18. The molecule has 1 aromatic heterocycles. The maximum Gasteiger partial charge on any atom is 0.317 e. The maximum absolute atomic E-state index is 12.4. The molecule has 1 aromatic rings. The molecule has 5 heteroatoms. The Kier molecular flexibility index (Phi) is 6.48. The van der Waals surface area contributed by atoms with Crippen LogP contribution in [0.1, 0.15) is 45.4 Å². The first-order valence-electron chi connectivity index (χ1n) is 8.57. The van der Waals surface area contributed by atoms with Crippen LogP contribution in [0.4, 0.5) is 4.79 Å². The van der Waals surface area contributed by atoms with E-state index in [0.29, 0.717) is 18.6 Å². The van der Waals surface area contributed by atoms with Crippen LogP contribution < -0.4 is 5.32 Å². The fourth-order valence-electron chi connectivity index (χ4n) is 2.71. The van der Waals surface area contributed by atoms with Crippen molar-refractivity contribution in [3.8, 4) is 0 Å². The molecule has 0 saturated carbocycles. The number of likely N-dealkylation sites (tertiary alicyclic amines) is 1. The van der Waals surface area contributed by atoms with Crippen molar-refractivity contribution < 1.29 is 9.53 Å². The van der Waals surface area contributed by atoms with Gasteiger partial charge in [0.1, 0.15) is 0 Å². The average molecular weight is 339 g/mol. The Morgan fingerprint density at radius 3 is 2.70 bits per heavy atom. The number of carbonyl (C=O) groups excluding carboxylic acids is 1. The van der Waals surface area contributed by atoms with Crippen LogP contribution in [0.3, 0.4) is 0 Å². The van der Waals surface area contributed by atoms with Crippen molar-refractivity contribution in [3.05, 3.63) is 22.4 Å². The van der Waals surface area contributed by atoms with Gasteiger partial charge in [-0.3, -0.25) is 0 Å². The first-order chi connectivity index (χ1) is 10.9. The number of hydrogen-bond acceptors (Lipinski definition) is 3. The third kappa shape index (κ3) is 5.50. The van der Waals surface area contributed by atoms with Crippen molar-refractivity contribution in [2.24, 2.45) is 5.92 Å². The van der Waals surface area contributed by atoms with Gasteiger partial charge in [-0.2, -0.15) is 0 Å². The summed E-state index contributed by atoms with van der Waals surface area (Å²) in [7, 11) is 0. The smallest absolute Gasteiger partial charge is 0.317 e. The Labute approximate surface area is 144 Å². The van der Waals surface area contributed by atoms with Crippen LogP contribution in [0.15, 0.2) is 17.5 Å². The molecule has 23 heavy (non-hydrogen) atoms. The molecule has 0 atom stereocenters. The van der Waals surface area contributed by atoms with E-state index in [1.165, 1.54) is 4.88 Å². The summed E-state index contributed by atoms with van der Waals surface area (Å²) in [4.78, 5) is 15.6. The maximum atomic E-state index is 12.4. The van der Waals surface area contributed by atoms with Crippen LogP contribution in [-0.2, 0) is 10.2 Å². The molecule has 1 aliphatic heterocycles. The highest BCUT2D eigenvalue weighted by Gasteiger charge is 2.26. The molecule has 0 bridgehead atoms. The van der Waals surface area contributed by atoms with E-state index in [1.807, 2.05) is 4.90 Å². The lowest BCUT2D eigenvalue weighted by Crippen LogP contribution is -2.48. The molecule has 1 fully saturated rings. The van der Waals surface area contributed by atoms with Crippen molar-refractivity contribution in [1.82, 2.24) is 10.2 Å². The van der Waals surface area contributed by atoms with E-state index < -0.39 is 0 Å². The third-order valence-corrected chi connectivity index (χ3v) is 5.50. The lowest BCUT2D eigenvalue weighted by atomic mass is 9.91. The van der Waals surface area contributed by atoms with Crippen molar-refractivity contribution in [3.63, 3.8) is 0 Å². The molecule has 130 valence electrons. The first kappa shape index (κ1) is 18.3. The predicted molar refractivity (Wildman–Crippen MR) is 96.1 cm³/mol. The van der Waals surface area contributed by atoms with Crippen LogP contribution in [0.5, 0.6) is 0 Å². The molecule has 0 unspecified atom stereocenters. The minimum Gasteiger partial charge on any atom is -0.378 e. The second-order valence-corrected chi connectivity index (χ2v) is 8.38. The van der Waals surface area contributed by atoms with Gasteiger partial charge in [0.15, 0.2) is 0 Å². The van der Waals surface area contributed by atoms with Crippen LogP contribution >= 0.6 is 11.3 Å². The molecule has 0 aromatic carbocycles. The van der Waals surface area contributed by atoms with Crippen molar-refractivity contribution in [2.45, 2.75) is 52.1 Å². The summed E-state index contributed by atoms with van der Waals surface area (Å²) < 4.78 is 5.88. The van der Waals surface area contributed by atoms with Gasteiger partial charge in [-0.15, -0.1) is 11.3 Å². The number of nitrogens with zero attached hydrogens (tertiary/aromatic N) is 1. The van der Waals surface area contributed by atoms with Crippen molar-refractivity contribution >= 4 is 17.4 Å². The van der Waals surface area contributed by atoms with E-state index in [1.54, 1.807) is 11.3 Å². The number of ether oxygens (including phenoxy) is 1. The SMILES string of the molecule is CC(C)COC1CCN(C(=O)NCC(C)(C)c2cccs2)CC1. The summed E-state index contributed by atoms with van der Waals surface area (Å²) in [6.45, 7) is 11.7. The Hall–Kier alpha value is -1.07. The summed E-state index contributed by atoms with van der Waals surface area (Å²) in [5.74, 6) is 0.566. The number of carbonyl (C=O) groups is 1. The highest BCUT2D eigenvalue weighted by atomic mass is 32.1. The minimum absolute atomic E-state index is 0.0253. The molecular weight excluding hydrogens is 308 g/mol. The van der Waals surface area contributed by atoms with Crippen LogP contribution in [-0.4, -0.2) is 43.3 Å². The van der Waals surface area contributed by atoms with E-state index in [9.17, 15) is 4.79 Å². The normalized spacial score (nSPS) is 16.8. The van der Waals surface area contributed by atoms with Gasteiger partial charge in [0.2, 0.25) is 0 Å². The predicted octanol–water partition coefficient (Wildman–Crippen LogP) is 3.87. The summed E-state index contributed by atoms with van der Waals surface area (Å²) in [6.07, 6.45) is 2.19. The molecular formula is C18H30N2O2S. The molecule has 1 N–H and O–H groups in total. The van der Waals surface area contributed by atoms with E-state index in [0.717, 1.165) is 32.5 Å². The monoisotopic (exact) mass is 338 g/mol. The van der Waals surface area contributed by atoms with Gasteiger partial charge in [-0.1, -0.05) is 33.8 Å². The highest BCUT2D eigenvalue weighted by Crippen LogP contribution is 2.26. The Bertz CT molecular complexity index is 477. The van der Waals surface area contributed by atoms with Gasteiger partial charge in [-0.05, 0) is 30.2 Å². The molecule has 2 amide bonds. The molecule has 0 aliphatic carbocycles.